The third-order valence-electron chi connectivity index (χ3n) is 4.06. The molecule has 0 saturated carbocycles. The van der Waals surface area contributed by atoms with Crippen molar-refractivity contribution >= 4 is 27.3 Å². The molecule has 0 aliphatic carbocycles. The van der Waals surface area contributed by atoms with Crippen LogP contribution in [0.25, 0.3) is 0 Å². The van der Waals surface area contributed by atoms with Gasteiger partial charge < -0.3 is 10.6 Å². The second-order valence-electron chi connectivity index (χ2n) is 5.86. The van der Waals surface area contributed by atoms with Crippen LogP contribution in [0.1, 0.15) is 32.6 Å². The van der Waals surface area contributed by atoms with E-state index in [4.69, 9.17) is 0 Å². The van der Waals surface area contributed by atoms with Gasteiger partial charge in [-0.3, -0.25) is 9.52 Å². The molecule has 1 saturated heterocycles. The summed E-state index contributed by atoms with van der Waals surface area (Å²) in [6, 6.07) is 6.71. The minimum absolute atomic E-state index is 0.00502. The van der Waals surface area contributed by atoms with Crippen molar-refractivity contribution in [1.29, 1.82) is 0 Å². The number of carbonyl (C=O) groups excluding carboxylic acids is 1. The van der Waals surface area contributed by atoms with Crippen LogP contribution in [0.15, 0.2) is 24.3 Å². The Morgan fingerprint density at radius 1 is 1.17 bits per heavy atom. The predicted octanol–water partition coefficient (Wildman–Crippen LogP) is 2.17. The lowest BCUT2D eigenvalue weighted by Crippen LogP contribution is -2.28. The van der Waals surface area contributed by atoms with Crippen molar-refractivity contribution in [2.75, 3.05) is 28.9 Å². The lowest BCUT2D eigenvalue weighted by molar-refractivity contribution is -0.116. The van der Waals surface area contributed by atoms with Gasteiger partial charge in [0.25, 0.3) is 0 Å². The van der Waals surface area contributed by atoms with Crippen LogP contribution < -0.4 is 15.4 Å². The molecule has 2 rings (SSSR count). The number of amides is 1. The van der Waals surface area contributed by atoms with Gasteiger partial charge in [-0.2, -0.15) is 0 Å². The molecular weight excluding hydrogens is 314 g/mol. The van der Waals surface area contributed by atoms with Crippen molar-refractivity contribution in [3.8, 4) is 0 Å². The molecule has 1 fully saturated rings. The molecule has 0 radical (unpaired) electrons. The molecule has 1 amide bonds. The zero-order chi connectivity index (χ0) is 16.7. The maximum atomic E-state index is 12.0. The standard InChI is InChI=1S/C16H25N3O3S/c1-2-23(21,22)19-15-6-4-14(5-7-15)18-16(20)8-3-13-9-11-17-12-10-13/h4-7,13,17,19H,2-3,8-12H2,1H3,(H,18,20). The first-order valence-electron chi connectivity index (χ1n) is 8.09. The summed E-state index contributed by atoms with van der Waals surface area (Å²) in [4.78, 5) is 12.0. The van der Waals surface area contributed by atoms with Crippen molar-refractivity contribution in [1.82, 2.24) is 5.32 Å². The van der Waals surface area contributed by atoms with Crippen molar-refractivity contribution in [3.05, 3.63) is 24.3 Å². The van der Waals surface area contributed by atoms with Gasteiger partial charge in [0.15, 0.2) is 0 Å². The highest BCUT2D eigenvalue weighted by atomic mass is 32.2. The molecule has 0 atom stereocenters. The molecule has 3 N–H and O–H groups in total. The van der Waals surface area contributed by atoms with Gasteiger partial charge >= 0.3 is 0 Å². The molecule has 0 unspecified atom stereocenters. The second kappa shape index (κ2) is 8.31. The first-order valence-corrected chi connectivity index (χ1v) is 9.75. The summed E-state index contributed by atoms with van der Waals surface area (Å²) in [5.41, 5.74) is 1.18. The molecule has 0 bridgehead atoms. The summed E-state index contributed by atoms with van der Waals surface area (Å²) in [7, 11) is -3.27. The number of rotatable bonds is 7. The van der Waals surface area contributed by atoms with E-state index >= 15 is 0 Å². The van der Waals surface area contributed by atoms with Crippen LogP contribution in [0.5, 0.6) is 0 Å². The van der Waals surface area contributed by atoms with E-state index in [1.54, 1.807) is 31.2 Å². The highest BCUT2D eigenvalue weighted by Gasteiger charge is 2.14. The molecular formula is C16H25N3O3S. The average molecular weight is 339 g/mol. The third-order valence-corrected chi connectivity index (χ3v) is 5.37. The number of hydrogen-bond acceptors (Lipinski definition) is 4. The topological polar surface area (TPSA) is 87.3 Å². The van der Waals surface area contributed by atoms with E-state index in [1.165, 1.54) is 0 Å². The van der Waals surface area contributed by atoms with E-state index in [2.05, 4.69) is 15.4 Å². The van der Waals surface area contributed by atoms with Crippen molar-refractivity contribution in [3.63, 3.8) is 0 Å². The molecule has 7 heteroatoms. The van der Waals surface area contributed by atoms with Crippen molar-refractivity contribution in [2.45, 2.75) is 32.6 Å². The van der Waals surface area contributed by atoms with Gasteiger partial charge in [0.1, 0.15) is 0 Å². The summed E-state index contributed by atoms with van der Waals surface area (Å²) in [6.07, 6.45) is 3.72. The monoisotopic (exact) mass is 339 g/mol. The summed E-state index contributed by atoms with van der Waals surface area (Å²) >= 11 is 0. The molecule has 0 aromatic heterocycles. The van der Waals surface area contributed by atoms with Crippen LogP contribution >= 0.6 is 0 Å². The number of nitrogens with one attached hydrogen (secondary N) is 3. The predicted molar refractivity (Wildman–Crippen MR) is 93.0 cm³/mol. The maximum absolute atomic E-state index is 12.0. The first-order chi connectivity index (χ1) is 11.0. The van der Waals surface area contributed by atoms with E-state index in [-0.39, 0.29) is 11.7 Å². The minimum Gasteiger partial charge on any atom is -0.326 e. The molecule has 1 heterocycles. The van der Waals surface area contributed by atoms with Gasteiger partial charge in [-0.25, -0.2) is 8.42 Å². The Morgan fingerprint density at radius 2 is 1.78 bits per heavy atom. The Hall–Kier alpha value is -1.60. The van der Waals surface area contributed by atoms with E-state index in [0.29, 0.717) is 23.7 Å². The molecule has 1 aromatic rings. The zero-order valence-corrected chi connectivity index (χ0v) is 14.3. The largest absolute Gasteiger partial charge is 0.326 e. The number of benzene rings is 1. The van der Waals surface area contributed by atoms with Crippen LogP contribution in [0.2, 0.25) is 0 Å². The molecule has 128 valence electrons. The zero-order valence-electron chi connectivity index (χ0n) is 13.5. The maximum Gasteiger partial charge on any atom is 0.232 e. The van der Waals surface area contributed by atoms with E-state index in [1.807, 2.05) is 0 Å². The van der Waals surface area contributed by atoms with Crippen LogP contribution in [-0.2, 0) is 14.8 Å². The third kappa shape index (κ3) is 6.19. The normalized spacial score (nSPS) is 16.0. The SMILES string of the molecule is CCS(=O)(=O)Nc1ccc(NC(=O)CCC2CCNCC2)cc1. The fourth-order valence-electron chi connectivity index (χ4n) is 2.60. The van der Waals surface area contributed by atoms with Crippen LogP contribution in [0, 0.1) is 5.92 Å². The number of carbonyl (C=O) groups is 1. The number of sulfonamides is 1. The molecule has 1 aliphatic rings. The summed E-state index contributed by atoms with van der Waals surface area (Å²) in [5, 5.41) is 6.17. The minimum atomic E-state index is -3.27. The Morgan fingerprint density at radius 3 is 2.39 bits per heavy atom. The highest BCUT2D eigenvalue weighted by Crippen LogP contribution is 2.19. The first kappa shape index (κ1) is 17.7. The van der Waals surface area contributed by atoms with Crippen molar-refractivity contribution in [2.24, 2.45) is 5.92 Å². The molecule has 23 heavy (non-hydrogen) atoms. The molecule has 0 spiro atoms. The van der Waals surface area contributed by atoms with E-state index in [0.717, 1.165) is 32.4 Å². The summed E-state index contributed by atoms with van der Waals surface area (Å²) in [6.45, 7) is 3.67. The smallest absolute Gasteiger partial charge is 0.232 e. The molecule has 1 aliphatic heterocycles. The summed E-state index contributed by atoms with van der Waals surface area (Å²) in [5.74, 6) is 0.667. The van der Waals surface area contributed by atoms with Gasteiger partial charge in [0.05, 0.1) is 5.75 Å². The fourth-order valence-corrected chi connectivity index (χ4v) is 3.24. The number of anilines is 2. The highest BCUT2D eigenvalue weighted by molar-refractivity contribution is 7.92. The van der Waals surface area contributed by atoms with E-state index in [9.17, 15) is 13.2 Å². The van der Waals surface area contributed by atoms with Gasteiger partial charge in [-0.15, -0.1) is 0 Å². The Kier molecular flexibility index (Phi) is 6.41. The van der Waals surface area contributed by atoms with E-state index < -0.39 is 10.0 Å². The number of hydrogen-bond donors (Lipinski definition) is 3. The Bertz CT molecular complexity index is 608. The van der Waals surface area contributed by atoms with Crippen LogP contribution in [0.3, 0.4) is 0 Å². The molecule has 1 aromatic carbocycles. The summed E-state index contributed by atoms with van der Waals surface area (Å²) < 4.78 is 25.4. The van der Waals surface area contributed by atoms with Gasteiger partial charge in [-0.1, -0.05) is 0 Å². The second-order valence-corrected chi connectivity index (χ2v) is 7.87. The van der Waals surface area contributed by atoms with Crippen LogP contribution in [-0.4, -0.2) is 33.2 Å². The molecule has 6 nitrogen and oxygen atoms in total. The Labute approximate surface area is 138 Å². The lowest BCUT2D eigenvalue weighted by atomic mass is 9.93. The number of piperidine rings is 1. The van der Waals surface area contributed by atoms with Gasteiger partial charge in [-0.05, 0) is 69.5 Å². The van der Waals surface area contributed by atoms with Gasteiger partial charge in [0, 0.05) is 17.8 Å². The quantitative estimate of drug-likeness (QED) is 0.710. The van der Waals surface area contributed by atoms with Gasteiger partial charge in [0.2, 0.25) is 15.9 Å². The van der Waals surface area contributed by atoms with Crippen molar-refractivity contribution < 1.29 is 13.2 Å². The average Bonchev–Trinajstić information content (AvgIpc) is 2.55. The van der Waals surface area contributed by atoms with Crippen LogP contribution in [0.4, 0.5) is 11.4 Å². The fraction of sp³-hybridized carbons (Fsp3) is 0.562. The Balaban J connectivity index is 1.79. The lowest BCUT2D eigenvalue weighted by Gasteiger charge is -2.22.